The van der Waals surface area contributed by atoms with Gasteiger partial charge in [0.1, 0.15) is 23.3 Å². The van der Waals surface area contributed by atoms with Crippen molar-refractivity contribution in [3.05, 3.63) is 22.4 Å². The summed E-state index contributed by atoms with van der Waals surface area (Å²) in [7, 11) is 0. The SMILES string of the molecule is CC(C)(C)OC(=O)N1CCN(c2cc(N)c([N+](=O)[O-])cn2)CC1. The summed E-state index contributed by atoms with van der Waals surface area (Å²) < 4.78 is 5.34. The van der Waals surface area contributed by atoms with Crippen LogP contribution in [-0.4, -0.2) is 52.7 Å². The zero-order valence-electron chi connectivity index (χ0n) is 13.5. The molecule has 2 heterocycles. The van der Waals surface area contributed by atoms with E-state index in [-0.39, 0.29) is 17.5 Å². The van der Waals surface area contributed by atoms with Crippen LogP contribution in [0.2, 0.25) is 0 Å². The Kier molecular flexibility index (Phi) is 4.57. The summed E-state index contributed by atoms with van der Waals surface area (Å²) in [5.41, 5.74) is 5.03. The van der Waals surface area contributed by atoms with Crippen molar-refractivity contribution in [3.8, 4) is 0 Å². The molecule has 1 aromatic rings. The third-order valence-electron chi connectivity index (χ3n) is 3.35. The number of carbonyl (C=O) groups is 1. The molecule has 0 radical (unpaired) electrons. The number of anilines is 2. The van der Waals surface area contributed by atoms with E-state index in [2.05, 4.69) is 4.98 Å². The molecule has 1 fully saturated rings. The predicted molar refractivity (Wildman–Crippen MR) is 85.3 cm³/mol. The summed E-state index contributed by atoms with van der Waals surface area (Å²) in [5.74, 6) is 0.567. The van der Waals surface area contributed by atoms with E-state index < -0.39 is 10.5 Å². The lowest BCUT2D eigenvalue weighted by Gasteiger charge is -2.36. The zero-order chi connectivity index (χ0) is 17.2. The molecule has 23 heavy (non-hydrogen) atoms. The van der Waals surface area contributed by atoms with E-state index in [1.165, 1.54) is 6.07 Å². The minimum Gasteiger partial charge on any atom is -0.444 e. The maximum Gasteiger partial charge on any atom is 0.410 e. The third kappa shape index (κ3) is 4.21. The number of ether oxygens (including phenoxy) is 1. The van der Waals surface area contributed by atoms with Crippen LogP contribution in [0.1, 0.15) is 20.8 Å². The van der Waals surface area contributed by atoms with Crippen molar-refractivity contribution in [2.24, 2.45) is 0 Å². The first-order valence-corrected chi connectivity index (χ1v) is 7.30. The number of carbonyl (C=O) groups excluding carboxylic acids is 1. The lowest BCUT2D eigenvalue weighted by atomic mass is 10.2. The maximum absolute atomic E-state index is 12.0. The van der Waals surface area contributed by atoms with E-state index in [0.717, 1.165) is 6.20 Å². The summed E-state index contributed by atoms with van der Waals surface area (Å²) >= 11 is 0. The van der Waals surface area contributed by atoms with Crippen LogP contribution in [0.5, 0.6) is 0 Å². The molecule has 0 aliphatic carbocycles. The van der Waals surface area contributed by atoms with Gasteiger partial charge in [-0.05, 0) is 20.8 Å². The van der Waals surface area contributed by atoms with Crippen LogP contribution in [0.25, 0.3) is 0 Å². The van der Waals surface area contributed by atoms with Gasteiger partial charge in [-0.1, -0.05) is 0 Å². The fourth-order valence-corrected chi connectivity index (χ4v) is 2.22. The Balaban J connectivity index is 1.98. The molecule has 126 valence electrons. The van der Waals surface area contributed by atoms with Crippen LogP contribution in [0.15, 0.2) is 12.3 Å². The van der Waals surface area contributed by atoms with E-state index in [4.69, 9.17) is 10.5 Å². The van der Waals surface area contributed by atoms with Crippen molar-refractivity contribution < 1.29 is 14.5 Å². The monoisotopic (exact) mass is 323 g/mol. The van der Waals surface area contributed by atoms with Crippen LogP contribution >= 0.6 is 0 Å². The number of nitrogen functional groups attached to an aromatic ring is 1. The third-order valence-corrected chi connectivity index (χ3v) is 3.35. The number of hydrogen-bond donors (Lipinski definition) is 1. The van der Waals surface area contributed by atoms with E-state index in [0.29, 0.717) is 32.0 Å². The van der Waals surface area contributed by atoms with Gasteiger partial charge >= 0.3 is 11.8 Å². The Labute approximate surface area is 134 Å². The van der Waals surface area contributed by atoms with Crippen molar-refractivity contribution in [2.75, 3.05) is 36.8 Å². The highest BCUT2D eigenvalue weighted by molar-refractivity contribution is 5.69. The first-order chi connectivity index (χ1) is 10.7. The summed E-state index contributed by atoms with van der Waals surface area (Å²) in [6, 6.07) is 1.49. The van der Waals surface area contributed by atoms with E-state index in [1.807, 2.05) is 25.7 Å². The number of aromatic nitrogens is 1. The van der Waals surface area contributed by atoms with Crippen molar-refractivity contribution in [2.45, 2.75) is 26.4 Å². The van der Waals surface area contributed by atoms with Gasteiger partial charge in [-0.2, -0.15) is 0 Å². The van der Waals surface area contributed by atoms with Crippen LogP contribution in [0.3, 0.4) is 0 Å². The number of amides is 1. The van der Waals surface area contributed by atoms with Crippen molar-refractivity contribution in [3.63, 3.8) is 0 Å². The van der Waals surface area contributed by atoms with E-state index in [1.54, 1.807) is 4.90 Å². The molecular formula is C14H21N5O4. The van der Waals surface area contributed by atoms with Crippen LogP contribution in [0, 0.1) is 10.1 Å². The Morgan fingerprint density at radius 3 is 2.43 bits per heavy atom. The molecule has 0 atom stereocenters. The van der Waals surface area contributed by atoms with Crippen LogP contribution < -0.4 is 10.6 Å². The van der Waals surface area contributed by atoms with E-state index >= 15 is 0 Å². The molecule has 1 saturated heterocycles. The van der Waals surface area contributed by atoms with Gasteiger partial charge in [0.25, 0.3) is 0 Å². The number of nitrogens with two attached hydrogens (primary N) is 1. The largest absolute Gasteiger partial charge is 0.444 e. The standard InChI is InChI=1S/C14H21N5O4/c1-14(2,3)23-13(20)18-6-4-17(5-7-18)12-8-10(15)11(9-16-12)19(21)22/h8-9H,4-7H2,1-3H3,(H2,15,16). The molecular weight excluding hydrogens is 302 g/mol. The number of nitrogens with zero attached hydrogens (tertiary/aromatic N) is 4. The molecule has 0 saturated carbocycles. The van der Waals surface area contributed by atoms with Gasteiger partial charge in [0.15, 0.2) is 0 Å². The average Bonchev–Trinajstić information content (AvgIpc) is 2.45. The van der Waals surface area contributed by atoms with Gasteiger partial charge in [0.05, 0.1) is 4.92 Å². The lowest BCUT2D eigenvalue weighted by Crippen LogP contribution is -2.50. The van der Waals surface area contributed by atoms with Gasteiger partial charge in [-0.15, -0.1) is 0 Å². The summed E-state index contributed by atoms with van der Waals surface area (Å²) in [6.45, 7) is 7.58. The van der Waals surface area contributed by atoms with Gasteiger partial charge in [0, 0.05) is 32.2 Å². The highest BCUT2D eigenvalue weighted by Crippen LogP contribution is 2.25. The second kappa shape index (κ2) is 6.27. The Morgan fingerprint density at radius 1 is 1.35 bits per heavy atom. The fourth-order valence-electron chi connectivity index (χ4n) is 2.22. The average molecular weight is 323 g/mol. The number of rotatable bonds is 2. The molecule has 1 aliphatic rings. The second-order valence-corrected chi connectivity index (χ2v) is 6.31. The topological polar surface area (TPSA) is 115 Å². The first-order valence-electron chi connectivity index (χ1n) is 7.30. The molecule has 0 spiro atoms. The molecule has 9 heteroatoms. The first kappa shape index (κ1) is 16.8. The predicted octanol–water partition coefficient (Wildman–Crippen LogP) is 1.63. The molecule has 1 aliphatic heterocycles. The Morgan fingerprint density at radius 2 is 1.96 bits per heavy atom. The molecule has 1 aromatic heterocycles. The number of hydrogen-bond acceptors (Lipinski definition) is 7. The highest BCUT2D eigenvalue weighted by Gasteiger charge is 2.26. The molecule has 0 bridgehead atoms. The molecule has 0 unspecified atom stereocenters. The summed E-state index contributed by atoms with van der Waals surface area (Å²) in [6.07, 6.45) is 0.818. The lowest BCUT2D eigenvalue weighted by molar-refractivity contribution is -0.384. The van der Waals surface area contributed by atoms with Crippen molar-refractivity contribution in [1.82, 2.24) is 9.88 Å². The van der Waals surface area contributed by atoms with Crippen LogP contribution in [0.4, 0.5) is 22.0 Å². The fraction of sp³-hybridized carbons (Fsp3) is 0.571. The van der Waals surface area contributed by atoms with Gasteiger partial charge in [-0.25, -0.2) is 9.78 Å². The number of pyridine rings is 1. The molecule has 2 N–H and O–H groups in total. The number of nitro groups is 1. The molecule has 2 rings (SSSR count). The molecule has 9 nitrogen and oxygen atoms in total. The summed E-state index contributed by atoms with van der Waals surface area (Å²) in [4.78, 5) is 29.8. The Hall–Kier alpha value is -2.58. The summed E-state index contributed by atoms with van der Waals surface area (Å²) in [5, 5.41) is 10.8. The minimum atomic E-state index is -0.563. The minimum absolute atomic E-state index is 0.0783. The maximum atomic E-state index is 12.0. The highest BCUT2D eigenvalue weighted by atomic mass is 16.6. The number of piperazine rings is 1. The van der Waals surface area contributed by atoms with Crippen molar-refractivity contribution in [1.29, 1.82) is 0 Å². The van der Waals surface area contributed by atoms with Gasteiger partial charge in [0.2, 0.25) is 0 Å². The second-order valence-electron chi connectivity index (χ2n) is 6.31. The van der Waals surface area contributed by atoms with Crippen molar-refractivity contribution >= 4 is 23.3 Å². The van der Waals surface area contributed by atoms with Gasteiger partial charge in [-0.3, -0.25) is 10.1 Å². The van der Waals surface area contributed by atoms with Crippen LogP contribution in [-0.2, 0) is 4.74 Å². The van der Waals surface area contributed by atoms with E-state index in [9.17, 15) is 14.9 Å². The Bertz CT molecular complexity index is 606. The normalized spacial score (nSPS) is 15.4. The zero-order valence-corrected chi connectivity index (χ0v) is 13.5. The van der Waals surface area contributed by atoms with Gasteiger partial charge < -0.3 is 20.3 Å². The smallest absolute Gasteiger partial charge is 0.410 e. The molecule has 0 aromatic carbocycles. The molecule has 1 amide bonds. The quantitative estimate of drug-likeness (QED) is 0.649.